The maximum Gasteiger partial charge on any atom is 0.251 e. The van der Waals surface area contributed by atoms with Crippen molar-refractivity contribution < 1.29 is 4.79 Å². The van der Waals surface area contributed by atoms with E-state index in [-0.39, 0.29) is 11.9 Å². The zero-order valence-electron chi connectivity index (χ0n) is 9.25. The SMILES string of the molecule is CC(C)C(C)NC(=O)c1cccc(Cl)c1. The normalized spacial score (nSPS) is 12.6. The minimum atomic E-state index is -0.0706. The highest BCUT2D eigenvalue weighted by Crippen LogP contribution is 2.11. The van der Waals surface area contributed by atoms with Gasteiger partial charge in [-0.2, -0.15) is 0 Å². The van der Waals surface area contributed by atoms with E-state index in [1.54, 1.807) is 24.3 Å². The third kappa shape index (κ3) is 3.56. The van der Waals surface area contributed by atoms with Gasteiger partial charge in [-0.05, 0) is 31.0 Å². The molecule has 0 aromatic heterocycles. The fourth-order valence-electron chi connectivity index (χ4n) is 1.09. The Labute approximate surface area is 95.6 Å². The van der Waals surface area contributed by atoms with Crippen molar-refractivity contribution in [2.24, 2.45) is 5.92 Å². The first kappa shape index (κ1) is 12.1. The molecule has 0 saturated heterocycles. The zero-order valence-corrected chi connectivity index (χ0v) is 10.0. The van der Waals surface area contributed by atoms with Gasteiger partial charge in [0.1, 0.15) is 0 Å². The van der Waals surface area contributed by atoms with E-state index in [2.05, 4.69) is 19.2 Å². The highest BCUT2D eigenvalue weighted by molar-refractivity contribution is 6.30. The standard InChI is InChI=1S/C12H16ClNO/c1-8(2)9(3)14-12(15)10-5-4-6-11(13)7-10/h4-9H,1-3H3,(H,14,15). The number of hydrogen-bond acceptors (Lipinski definition) is 1. The van der Waals surface area contributed by atoms with E-state index in [9.17, 15) is 4.79 Å². The zero-order chi connectivity index (χ0) is 11.4. The van der Waals surface area contributed by atoms with E-state index in [1.807, 2.05) is 6.92 Å². The highest BCUT2D eigenvalue weighted by Gasteiger charge is 2.12. The Morgan fingerprint density at radius 3 is 2.53 bits per heavy atom. The van der Waals surface area contributed by atoms with Crippen molar-refractivity contribution in [3.8, 4) is 0 Å². The maximum atomic E-state index is 11.7. The maximum absolute atomic E-state index is 11.7. The molecule has 1 N–H and O–H groups in total. The summed E-state index contributed by atoms with van der Waals surface area (Å²) >= 11 is 5.81. The third-order valence-electron chi connectivity index (χ3n) is 2.45. The minimum absolute atomic E-state index is 0.0706. The minimum Gasteiger partial charge on any atom is -0.349 e. The summed E-state index contributed by atoms with van der Waals surface area (Å²) in [6.45, 7) is 6.14. The van der Waals surface area contributed by atoms with E-state index in [1.165, 1.54) is 0 Å². The Kier molecular flexibility index (Phi) is 4.15. The summed E-state index contributed by atoms with van der Waals surface area (Å²) in [5.74, 6) is 0.354. The quantitative estimate of drug-likeness (QED) is 0.842. The Bertz CT molecular complexity index is 349. The van der Waals surface area contributed by atoms with Crippen LogP contribution in [-0.2, 0) is 0 Å². The summed E-state index contributed by atoms with van der Waals surface area (Å²) in [5.41, 5.74) is 0.606. The lowest BCUT2D eigenvalue weighted by Crippen LogP contribution is -2.36. The number of hydrogen-bond donors (Lipinski definition) is 1. The van der Waals surface area contributed by atoms with Gasteiger partial charge < -0.3 is 5.32 Å². The second-order valence-corrected chi connectivity index (χ2v) is 4.45. The smallest absolute Gasteiger partial charge is 0.251 e. The number of amides is 1. The van der Waals surface area contributed by atoms with Crippen LogP contribution >= 0.6 is 11.6 Å². The molecule has 0 spiro atoms. The first-order valence-electron chi connectivity index (χ1n) is 5.07. The lowest BCUT2D eigenvalue weighted by atomic mass is 10.1. The Morgan fingerprint density at radius 1 is 1.33 bits per heavy atom. The third-order valence-corrected chi connectivity index (χ3v) is 2.68. The Morgan fingerprint density at radius 2 is 2.00 bits per heavy atom. The summed E-state index contributed by atoms with van der Waals surface area (Å²) in [4.78, 5) is 11.7. The van der Waals surface area contributed by atoms with Crippen molar-refractivity contribution in [2.45, 2.75) is 26.8 Å². The molecule has 2 nitrogen and oxygen atoms in total. The van der Waals surface area contributed by atoms with Crippen molar-refractivity contribution >= 4 is 17.5 Å². The molecule has 0 aliphatic carbocycles. The second-order valence-electron chi connectivity index (χ2n) is 4.02. The molecule has 82 valence electrons. The molecule has 1 aromatic carbocycles. The molecule has 0 fully saturated rings. The van der Waals surface area contributed by atoms with Gasteiger partial charge in [-0.3, -0.25) is 4.79 Å². The van der Waals surface area contributed by atoms with Crippen LogP contribution in [0.15, 0.2) is 24.3 Å². The summed E-state index contributed by atoms with van der Waals surface area (Å²) in [7, 11) is 0. The molecule has 0 saturated carbocycles. The number of halogens is 1. The lowest BCUT2D eigenvalue weighted by Gasteiger charge is -2.17. The van der Waals surface area contributed by atoms with E-state index in [0.29, 0.717) is 16.5 Å². The van der Waals surface area contributed by atoms with E-state index < -0.39 is 0 Å². The average molecular weight is 226 g/mol. The molecule has 3 heteroatoms. The fourth-order valence-corrected chi connectivity index (χ4v) is 1.28. The first-order valence-corrected chi connectivity index (χ1v) is 5.45. The van der Waals surface area contributed by atoms with Gasteiger partial charge in [0.05, 0.1) is 0 Å². The van der Waals surface area contributed by atoms with E-state index >= 15 is 0 Å². The fraction of sp³-hybridized carbons (Fsp3) is 0.417. The molecule has 0 bridgehead atoms. The van der Waals surface area contributed by atoms with Gasteiger partial charge in [-0.1, -0.05) is 31.5 Å². The Balaban J connectivity index is 2.69. The summed E-state index contributed by atoms with van der Waals surface area (Å²) in [6.07, 6.45) is 0. The van der Waals surface area contributed by atoms with Crippen LogP contribution in [0.25, 0.3) is 0 Å². The van der Waals surface area contributed by atoms with Crippen molar-refractivity contribution in [1.29, 1.82) is 0 Å². The predicted molar refractivity (Wildman–Crippen MR) is 63.2 cm³/mol. The predicted octanol–water partition coefficient (Wildman–Crippen LogP) is 3.11. The number of carbonyl (C=O) groups excluding carboxylic acids is 1. The molecular weight excluding hydrogens is 210 g/mol. The van der Waals surface area contributed by atoms with E-state index in [4.69, 9.17) is 11.6 Å². The van der Waals surface area contributed by atoms with Crippen molar-refractivity contribution in [3.63, 3.8) is 0 Å². The highest BCUT2D eigenvalue weighted by atomic mass is 35.5. The van der Waals surface area contributed by atoms with Crippen LogP contribution in [0.4, 0.5) is 0 Å². The van der Waals surface area contributed by atoms with Crippen LogP contribution in [0.2, 0.25) is 5.02 Å². The molecule has 0 radical (unpaired) electrons. The van der Waals surface area contributed by atoms with Gasteiger partial charge >= 0.3 is 0 Å². The van der Waals surface area contributed by atoms with Gasteiger partial charge in [0, 0.05) is 16.6 Å². The monoisotopic (exact) mass is 225 g/mol. The first-order chi connectivity index (χ1) is 7.00. The van der Waals surface area contributed by atoms with Crippen molar-refractivity contribution in [3.05, 3.63) is 34.9 Å². The van der Waals surface area contributed by atoms with Crippen LogP contribution < -0.4 is 5.32 Å². The summed E-state index contributed by atoms with van der Waals surface area (Å²) in [5, 5.41) is 3.51. The number of nitrogens with one attached hydrogen (secondary N) is 1. The summed E-state index contributed by atoms with van der Waals surface area (Å²) < 4.78 is 0. The number of carbonyl (C=O) groups is 1. The van der Waals surface area contributed by atoms with Crippen LogP contribution in [0.5, 0.6) is 0 Å². The van der Waals surface area contributed by atoms with Gasteiger partial charge in [0.25, 0.3) is 5.91 Å². The topological polar surface area (TPSA) is 29.1 Å². The van der Waals surface area contributed by atoms with Crippen molar-refractivity contribution in [2.75, 3.05) is 0 Å². The van der Waals surface area contributed by atoms with Crippen molar-refractivity contribution in [1.82, 2.24) is 5.32 Å². The molecule has 1 unspecified atom stereocenters. The Hall–Kier alpha value is -1.02. The van der Waals surface area contributed by atoms with Crippen LogP contribution in [0.3, 0.4) is 0 Å². The van der Waals surface area contributed by atoms with Gasteiger partial charge in [-0.25, -0.2) is 0 Å². The summed E-state index contributed by atoms with van der Waals surface area (Å²) in [6, 6.07) is 7.12. The van der Waals surface area contributed by atoms with Gasteiger partial charge in [0.15, 0.2) is 0 Å². The largest absolute Gasteiger partial charge is 0.349 e. The molecule has 0 heterocycles. The molecule has 1 aromatic rings. The molecule has 0 aliphatic rings. The molecule has 0 aliphatic heterocycles. The molecular formula is C12H16ClNO. The van der Waals surface area contributed by atoms with Crippen LogP contribution in [-0.4, -0.2) is 11.9 Å². The molecule has 1 rings (SSSR count). The lowest BCUT2D eigenvalue weighted by molar-refractivity contribution is 0.0930. The molecule has 15 heavy (non-hydrogen) atoms. The molecule has 1 amide bonds. The van der Waals surface area contributed by atoms with E-state index in [0.717, 1.165) is 0 Å². The van der Waals surface area contributed by atoms with Crippen LogP contribution in [0, 0.1) is 5.92 Å². The number of rotatable bonds is 3. The second kappa shape index (κ2) is 5.17. The number of benzene rings is 1. The average Bonchev–Trinajstić information content (AvgIpc) is 2.17. The van der Waals surface area contributed by atoms with Gasteiger partial charge in [-0.15, -0.1) is 0 Å². The van der Waals surface area contributed by atoms with Gasteiger partial charge in [0.2, 0.25) is 0 Å². The molecule has 1 atom stereocenters. The van der Waals surface area contributed by atoms with Crippen LogP contribution in [0.1, 0.15) is 31.1 Å².